The molecule has 21 heavy (non-hydrogen) atoms. The van der Waals surface area contributed by atoms with Crippen LogP contribution in [0.25, 0.3) is 0 Å². The molecule has 0 aliphatic heterocycles. The van der Waals surface area contributed by atoms with Crippen molar-refractivity contribution in [2.24, 2.45) is 0 Å². The molecule has 2 aromatic rings. The normalized spacial score (nSPS) is 10.8. The highest BCUT2D eigenvalue weighted by Crippen LogP contribution is 2.17. The molecule has 0 saturated heterocycles. The molecule has 1 N–H and O–H groups in total. The van der Waals surface area contributed by atoms with Crippen LogP contribution in [-0.4, -0.2) is 25.3 Å². The zero-order valence-corrected chi connectivity index (χ0v) is 13.0. The quantitative estimate of drug-likeness (QED) is 0.829. The third-order valence-electron chi connectivity index (χ3n) is 3.00. The molecular weight excluding hydrogens is 290 g/mol. The highest BCUT2D eigenvalue weighted by Gasteiger charge is 2.12. The van der Waals surface area contributed by atoms with E-state index in [1.165, 1.54) is 22.2 Å². The van der Waals surface area contributed by atoms with Gasteiger partial charge < -0.3 is 9.88 Å². The summed E-state index contributed by atoms with van der Waals surface area (Å²) in [5.41, 5.74) is 0.00230. The summed E-state index contributed by atoms with van der Waals surface area (Å²) in [5, 5.41) is 8.05. The van der Waals surface area contributed by atoms with Crippen molar-refractivity contribution in [2.45, 2.75) is 39.8 Å². The summed E-state index contributed by atoms with van der Waals surface area (Å²) in [6, 6.07) is 1.41. The fourth-order valence-corrected chi connectivity index (χ4v) is 2.55. The van der Waals surface area contributed by atoms with E-state index in [0.29, 0.717) is 12.2 Å². The van der Waals surface area contributed by atoms with Gasteiger partial charge in [-0.05, 0) is 12.8 Å². The standard InChI is InChI=1S/C13H19N5O2S/c1-3-6-14-12-10(15-16-21-12)9-18-11(19)5-8-17(7-4-2)13(18)20/h5,8,14H,3-4,6-7,9H2,1-2H3. The Morgan fingerprint density at radius 1 is 1.29 bits per heavy atom. The van der Waals surface area contributed by atoms with Gasteiger partial charge in [-0.1, -0.05) is 18.3 Å². The van der Waals surface area contributed by atoms with E-state index in [2.05, 4.69) is 21.8 Å². The fraction of sp³-hybridized carbons (Fsp3) is 0.538. The van der Waals surface area contributed by atoms with Crippen LogP contribution in [0.1, 0.15) is 32.4 Å². The Morgan fingerprint density at radius 3 is 2.81 bits per heavy atom. The summed E-state index contributed by atoms with van der Waals surface area (Å²) < 4.78 is 6.63. The summed E-state index contributed by atoms with van der Waals surface area (Å²) in [6.07, 6.45) is 3.35. The average molecular weight is 309 g/mol. The smallest absolute Gasteiger partial charge is 0.331 e. The number of rotatable bonds is 7. The molecule has 114 valence electrons. The van der Waals surface area contributed by atoms with Crippen molar-refractivity contribution in [3.63, 3.8) is 0 Å². The second-order valence-electron chi connectivity index (χ2n) is 4.69. The zero-order valence-electron chi connectivity index (χ0n) is 12.2. The number of aryl methyl sites for hydroxylation is 1. The molecule has 0 amide bonds. The Balaban J connectivity index is 2.31. The van der Waals surface area contributed by atoms with Crippen LogP contribution in [0, 0.1) is 0 Å². The van der Waals surface area contributed by atoms with Gasteiger partial charge in [0.1, 0.15) is 10.7 Å². The Hall–Kier alpha value is -1.96. The predicted octanol–water partition coefficient (Wildman–Crippen LogP) is 1.14. The summed E-state index contributed by atoms with van der Waals surface area (Å²) in [6.45, 7) is 5.59. The number of anilines is 1. The number of hydrogen-bond donors (Lipinski definition) is 1. The molecular formula is C13H19N5O2S. The first-order valence-electron chi connectivity index (χ1n) is 7.02. The lowest BCUT2D eigenvalue weighted by Gasteiger charge is -2.09. The summed E-state index contributed by atoms with van der Waals surface area (Å²) >= 11 is 1.24. The molecule has 8 heteroatoms. The van der Waals surface area contributed by atoms with Crippen molar-refractivity contribution in [1.82, 2.24) is 18.7 Å². The largest absolute Gasteiger partial charge is 0.374 e. The molecule has 2 rings (SSSR count). The number of nitrogens with one attached hydrogen (secondary N) is 1. The number of nitrogens with zero attached hydrogens (tertiary/aromatic N) is 4. The Kier molecular flexibility index (Phi) is 5.26. The van der Waals surface area contributed by atoms with Crippen LogP contribution in [0.4, 0.5) is 5.00 Å². The lowest BCUT2D eigenvalue weighted by molar-refractivity contribution is 0.567. The van der Waals surface area contributed by atoms with E-state index in [-0.39, 0.29) is 17.8 Å². The van der Waals surface area contributed by atoms with Crippen LogP contribution >= 0.6 is 11.5 Å². The lowest BCUT2D eigenvalue weighted by Crippen LogP contribution is -2.39. The van der Waals surface area contributed by atoms with Crippen LogP contribution in [0.3, 0.4) is 0 Å². The molecule has 0 fully saturated rings. The lowest BCUT2D eigenvalue weighted by atomic mass is 10.4. The minimum absolute atomic E-state index is 0.144. The molecule has 0 aromatic carbocycles. The van der Waals surface area contributed by atoms with Crippen molar-refractivity contribution in [3.8, 4) is 0 Å². The van der Waals surface area contributed by atoms with Crippen molar-refractivity contribution >= 4 is 16.5 Å². The molecule has 0 unspecified atom stereocenters. The van der Waals surface area contributed by atoms with Gasteiger partial charge in [0.2, 0.25) is 0 Å². The van der Waals surface area contributed by atoms with Crippen LogP contribution < -0.4 is 16.6 Å². The van der Waals surface area contributed by atoms with E-state index in [1.807, 2.05) is 6.92 Å². The molecule has 0 saturated carbocycles. The number of hydrogen-bond acceptors (Lipinski definition) is 6. The molecule has 0 atom stereocenters. The molecule has 0 radical (unpaired) electrons. The first-order valence-corrected chi connectivity index (χ1v) is 7.80. The fourth-order valence-electron chi connectivity index (χ4n) is 1.95. The molecule has 7 nitrogen and oxygen atoms in total. The maximum Gasteiger partial charge on any atom is 0.331 e. The Labute approximate surface area is 126 Å². The molecule has 0 aliphatic carbocycles. The van der Waals surface area contributed by atoms with Crippen LogP contribution in [0.15, 0.2) is 21.9 Å². The molecule has 0 spiro atoms. The van der Waals surface area contributed by atoms with Gasteiger partial charge in [0, 0.05) is 36.9 Å². The zero-order chi connectivity index (χ0) is 15.2. The number of aromatic nitrogens is 4. The first kappa shape index (κ1) is 15.4. The third kappa shape index (κ3) is 3.57. The van der Waals surface area contributed by atoms with E-state index in [4.69, 9.17) is 0 Å². The first-order chi connectivity index (χ1) is 10.2. The van der Waals surface area contributed by atoms with Gasteiger partial charge >= 0.3 is 5.69 Å². The average Bonchev–Trinajstić information content (AvgIpc) is 2.91. The van der Waals surface area contributed by atoms with Crippen LogP contribution in [0.2, 0.25) is 0 Å². The van der Waals surface area contributed by atoms with Crippen molar-refractivity contribution in [3.05, 3.63) is 38.8 Å². The van der Waals surface area contributed by atoms with Gasteiger partial charge in [0.25, 0.3) is 5.56 Å². The van der Waals surface area contributed by atoms with Crippen molar-refractivity contribution in [1.29, 1.82) is 0 Å². The highest BCUT2D eigenvalue weighted by molar-refractivity contribution is 7.10. The molecule has 0 aliphatic rings. The van der Waals surface area contributed by atoms with E-state index >= 15 is 0 Å². The van der Waals surface area contributed by atoms with Gasteiger partial charge in [-0.2, -0.15) is 0 Å². The second kappa shape index (κ2) is 7.16. The minimum Gasteiger partial charge on any atom is -0.374 e. The topological polar surface area (TPSA) is 81.8 Å². The van der Waals surface area contributed by atoms with Crippen molar-refractivity contribution in [2.75, 3.05) is 11.9 Å². The van der Waals surface area contributed by atoms with E-state index < -0.39 is 0 Å². The van der Waals surface area contributed by atoms with E-state index in [1.54, 1.807) is 10.8 Å². The minimum atomic E-state index is -0.318. The molecule has 0 bridgehead atoms. The van der Waals surface area contributed by atoms with Gasteiger partial charge in [0.05, 0.1) is 6.54 Å². The van der Waals surface area contributed by atoms with E-state index in [0.717, 1.165) is 24.4 Å². The van der Waals surface area contributed by atoms with Gasteiger partial charge in [-0.3, -0.25) is 9.36 Å². The third-order valence-corrected chi connectivity index (χ3v) is 3.73. The molecule has 2 aromatic heterocycles. The second-order valence-corrected chi connectivity index (χ2v) is 5.45. The maximum atomic E-state index is 12.3. The Bertz CT molecular complexity index is 703. The maximum absolute atomic E-state index is 12.3. The van der Waals surface area contributed by atoms with Gasteiger partial charge in [0.15, 0.2) is 0 Å². The van der Waals surface area contributed by atoms with Crippen molar-refractivity contribution < 1.29 is 0 Å². The van der Waals surface area contributed by atoms with Crippen LogP contribution in [0.5, 0.6) is 0 Å². The van der Waals surface area contributed by atoms with E-state index in [9.17, 15) is 9.59 Å². The summed E-state index contributed by atoms with van der Waals surface area (Å²) in [7, 11) is 0. The van der Waals surface area contributed by atoms with Crippen LogP contribution in [-0.2, 0) is 13.1 Å². The highest BCUT2D eigenvalue weighted by atomic mass is 32.1. The monoisotopic (exact) mass is 309 g/mol. The van der Waals surface area contributed by atoms with Gasteiger partial charge in [-0.25, -0.2) is 4.79 Å². The molecule has 2 heterocycles. The SMILES string of the molecule is CCCNc1snnc1Cn1c(=O)ccn(CCC)c1=O. The summed E-state index contributed by atoms with van der Waals surface area (Å²) in [5.74, 6) is 0. The summed E-state index contributed by atoms with van der Waals surface area (Å²) in [4.78, 5) is 24.2. The van der Waals surface area contributed by atoms with Gasteiger partial charge in [-0.15, -0.1) is 5.10 Å². The Morgan fingerprint density at radius 2 is 2.10 bits per heavy atom. The predicted molar refractivity (Wildman–Crippen MR) is 83.0 cm³/mol.